The Morgan fingerprint density at radius 1 is 1.00 bits per heavy atom. The van der Waals surface area contributed by atoms with Crippen molar-refractivity contribution in [1.29, 1.82) is 0 Å². The standard InChI is InChI=1S/C26H40N6O5/c1-4-15(2)22(26(36)37)32-25(35)21(11-7-8-12-27)31-23(33)16(3)30-24(34)19(28)13-17-14-29-20-10-6-5-9-18(17)20/h5-6,9-10,14-16,19,21-22,29H,4,7-8,11-13,27-28H2,1-3H3,(H,30,34)(H,31,33)(H,32,35)(H,36,37). The zero-order valence-corrected chi connectivity index (χ0v) is 21.8. The van der Waals surface area contributed by atoms with Crippen LogP contribution < -0.4 is 27.4 Å². The van der Waals surface area contributed by atoms with Crippen LogP contribution in [0.15, 0.2) is 30.5 Å². The van der Waals surface area contributed by atoms with Gasteiger partial charge in [-0.3, -0.25) is 14.4 Å². The summed E-state index contributed by atoms with van der Waals surface area (Å²) < 4.78 is 0. The number of carboxylic acids is 1. The molecule has 1 aromatic carbocycles. The van der Waals surface area contributed by atoms with E-state index in [2.05, 4.69) is 20.9 Å². The van der Waals surface area contributed by atoms with Crippen molar-refractivity contribution >= 4 is 34.6 Å². The van der Waals surface area contributed by atoms with E-state index in [1.54, 1.807) is 6.92 Å². The topological polar surface area (TPSA) is 192 Å². The van der Waals surface area contributed by atoms with Crippen LogP contribution in [-0.2, 0) is 25.6 Å². The molecule has 9 N–H and O–H groups in total. The molecule has 0 saturated heterocycles. The van der Waals surface area contributed by atoms with Gasteiger partial charge in [0.15, 0.2) is 0 Å². The van der Waals surface area contributed by atoms with Crippen molar-refractivity contribution in [3.8, 4) is 0 Å². The number of aliphatic carboxylic acids is 1. The van der Waals surface area contributed by atoms with Crippen molar-refractivity contribution in [1.82, 2.24) is 20.9 Å². The molecule has 11 heteroatoms. The van der Waals surface area contributed by atoms with Crippen LogP contribution in [0.2, 0.25) is 0 Å². The normalized spacial score (nSPS) is 15.3. The Bertz CT molecular complexity index is 1070. The molecular weight excluding hydrogens is 476 g/mol. The Kier molecular flexibility index (Phi) is 11.5. The van der Waals surface area contributed by atoms with E-state index in [4.69, 9.17) is 11.5 Å². The maximum atomic E-state index is 12.9. The highest BCUT2D eigenvalue weighted by molar-refractivity contribution is 5.94. The van der Waals surface area contributed by atoms with Gasteiger partial charge in [0, 0.05) is 17.1 Å². The lowest BCUT2D eigenvalue weighted by molar-refractivity contribution is -0.143. The number of para-hydroxylation sites is 1. The number of fused-ring (bicyclic) bond motifs is 1. The van der Waals surface area contributed by atoms with Crippen LogP contribution >= 0.6 is 0 Å². The minimum atomic E-state index is -1.14. The molecule has 3 amide bonds. The first-order chi connectivity index (χ1) is 17.6. The molecule has 0 aliphatic heterocycles. The fraction of sp³-hybridized carbons (Fsp3) is 0.538. The predicted molar refractivity (Wildman–Crippen MR) is 141 cm³/mol. The number of carbonyl (C=O) groups excluding carboxylic acids is 3. The van der Waals surface area contributed by atoms with E-state index in [1.807, 2.05) is 37.4 Å². The first-order valence-corrected chi connectivity index (χ1v) is 12.7. The fourth-order valence-corrected chi connectivity index (χ4v) is 4.01. The summed E-state index contributed by atoms with van der Waals surface area (Å²) in [6.45, 7) is 5.49. The maximum absolute atomic E-state index is 12.9. The first-order valence-electron chi connectivity index (χ1n) is 12.7. The Balaban J connectivity index is 2.00. The number of rotatable bonds is 15. The molecule has 0 spiro atoms. The first kappa shape index (κ1) is 29.8. The second-order valence-corrected chi connectivity index (χ2v) is 9.46. The molecule has 0 saturated carbocycles. The highest BCUT2D eigenvalue weighted by Gasteiger charge is 2.30. The third-order valence-electron chi connectivity index (χ3n) is 6.56. The number of hydrogen-bond donors (Lipinski definition) is 7. The molecule has 204 valence electrons. The molecule has 5 unspecified atom stereocenters. The number of amides is 3. The molecule has 11 nitrogen and oxygen atoms in total. The molecule has 37 heavy (non-hydrogen) atoms. The van der Waals surface area contributed by atoms with Crippen molar-refractivity contribution in [2.75, 3.05) is 6.54 Å². The molecule has 0 aliphatic carbocycles. The Hall–Kier alpha value is -3.44. The summed E-state index contributed by atoms with van der Waals surface area (Å²) in [5.74, 6) is -3.10. The van der Waals surface area contributed by atoms with Crippen LogP contribution in [0, 0.1) is 5.92 Å². The van der Waals surface area contributed by atoms with Gasteiger partial charge < -0.3 is 37.5 Å². The number of nitrogens with two attached hydrogens (primary N) is 2. The Labute approximate surface area is 217 Å². The van der Waals surface area contributed by atoms with Crippen molar-refractivity contribution < 1.29 is 24.3 Å². The van der Waals surface area contributed by atoms with Crippen LogP contribution in [0.5, 0.6) is 0 Å². The van der Waals surface area contributed by atoms with Gasteiger partial charge in [0.25, 0.3) is 0 Å². The molecule has 2 rings (SSSR count). The average Bonchev–Trinajstić information content (AvgIpc) is 3.28. The van der Waals surface area contributed by atoms with E-state index in [9.17, 15) is 24.3 Å². The highest BCUT2D eigenvalue weighted by atomic mass is 16.4. The number of benzene rings is 1. The molecule has 0 bridgehead atoms. The fourth-order valence-electron chi connectivity index (χ4n) is 4.01. The van der Waals surface area contributed by atoms with Crippen molar-refractivity contribution in [3.63, 3.8) is 0 Å². The lowest BCUT2D eigenvalue weighted by atomic mass is 9.98. The lowest BCUT2D eigenvalue weighted by Gasteiger charge is -2.25. The largest absolute Gasteiger partial charge is 0.480 e. The van der Waals surface area contributed by atoms with Crippen LogP contribution in [0.25, 0.3) is 10.9 Å². The summed E-state index contributed by atoms with van der Waals surface area (Å²) >= 11 is 0. The zero-order chi connectivity index (χ0) is 27.5. The van der Waals surface area contributed by atoms with E-state index in [1.165, 1.54) is 6.92 Å². The summed E-state index contributed by atoms with van der Waals surface area (Å²) in [7, 11) is 0. The lowest BCUT2D eigenvalue weighted by Crippen LogP contribution is -2.57. The molecule has 0 fully saturated rings. The van der Waals surface area contributed by atoms with Gasteiger partial charge in [-0.1, -0.05) is 38.5 Å². The second-order valence-electron chi connectivity index (χ2n) is 9.46. The molecule has 0 radical (unpaired) electrons. The minimum Gasteiger partial charge on any atom is -0.480 e. The summed E-state index contributed by atoms with van der Waals surface area (Å²) in [5, 5.41) is 18.3. The summed E-state index contributed by atoms with van der Waals surface area (Å²) in [6.07, 6.45) is 4.13. The Morgan fingerprint density at radius 3 is 2.35 bits per heavy atom. The second kappa shape index (κ2) is 14.3. The summed E-state index contributed by atoms with van der Waals surface area (Å²) in [5.41, 5.74) is 13.5. The van der Waals surface area contributed by atoms with E-state index in [-0.39, 0.29) is 18.8 Å². The summed E-state index contributed by atoms with van der Waals surface area (Å²) in [6, 6.07) is 3.79. The van der Waals surface area contributed by atoms with Gasteiger partial charge in [0.1, 0.15) is 18.1 Å². The van der Waals surface area contributed by atoms with Gasteiger partial charge in [0.05, 0.1) is 6.04 Å². The monoisotopic (exact) mass is 516 g/mol. The molecule has 2 aromatic rings. The average molecular weight is 517 g/mol. The van der Waals surface area contributed by atoms with Crippen molar-refractivity contribution in [2.24, 2.45) is 17.4 Å². The number of aromatic amines is 1. The molecule has 0 aliphatic rings. The van der Waals surface area contributed by atoms with E-state index in [0.29, 0.717) is 25.8 Å². The van der Waals surface area contributed by atoms with Crippen molar-refractivity contribution in [2.45, 2.75) is 77.0 Å². The van der Waals surface area contributed by atoms with Gasteiger partial charge in [-0.05, 0) is 56.7 Å². The highest BCUT2D eigenvalue weighted by Crippen LogP contribution is 2.18. The van der Waals surface area contributed by atoms with Gasteiger partial charge in [0.2, 0.25) is 17.7 Å². The number of carboxylic acid groups (broad SMARTS) is 1. The number of H-pyrrole nitrogens is 1. The zero-order valence-electron chi connectivity index (χ0n) is 21.8. The van der Waals surface area contributed by atoms with Crippen LogP contribution in [0.4, 0.5) is 0 Å². The minimum absolute atomic E-state index is 0.278. The predicted octanol–water partition coefficient (Wildman–Crippen LogP) is 0.772. The smallest absolute Gasteiger partial charge is 0.326 e. The van der Waals surface area contributed by atoms with Crippen LogP contribution in [0.3, 0.4) is 0 Å². The number of carbonyl (C=O) groups is 4. The summed E-state index contributed by atoms with van der Waals surface area (Å²) in [4.78, 5) is 53.2. The number of aromatic nitrogens is 1. The number of hydrogen-bond acceptors (Lipinski definition) is 6. The number of unbranched alkanes of at least 4 members (excludes halogenated alkanes) is 1. The molecule has 1 heterocycles. The van der Waals surface area contributed by atoms with E-state index >= 15 is 0 Å². The van der Waals surface area contributed by atoms with Gasteiger partial charge >= 0.3 is 5.97 Å². The van der Waals surface area contributed by atoms with E-state index in [0.717, 1.165) is 16.5 Å². The van der Waals surface area contributed by atoms with Crippen LogP contribution in [0.1, 0.15) is 52.0 Å². The Morgan fingerprint density at radius 2 is 1.70 bits per heavy atom. The van der Waals surface area contributed by atoms with Crippen LogP contribution in [-0.4, -0.2) is 64.5 Å². The van der Waals surface area contributed by atoms with Gasteiger partial charge in [-0.2, -0.15) is 0 Å². The van der Waals surface area contributed by atoms with Gasteiger partial charge in [-0.15, -0.1) is 0 Å². The number of nitrogens with one attached hydrogen (secondary N) is 4. The van der Waals surface area contributed by atoms with Crippen molar-refractivity contribution in [3.05, 3.63) is 36.0 Å². The van der Waals surface area contributed by atoms with Gasteiger partial charge in [-0.25, -0.2) is 4.79 Å². The third kappa shape index (κ3) is 8.57. The third-order valence-corrected chi connectivity index (χ3v) is 6.56. The molecule has 5 atom stereocenters. The molecular formula is C26H40N6O5. The SMILES string of the molecule is CCC(C)C(NC(=O)C(CCCCN)NC(=O)C(C)NC(=O)C(N)Cc1c[nH]c2ccccc12)C(=O)O. The van der Waals surface area contributed by atoms with E-state index < -0.39 is 47.9 Å². The quantitative estimate of drug-likeness (QED) is 0.170. The maximum Gasteiger partial charge on any atom is 0.326 e. The molecule has 1 aromatic heterocycles.